The third kappa shape index (κ3) is 10.6. The molecule has 0 aromatic heterocycles. The van der Waals surface area contributed by atoms with E-state index in [0.717, 1.165) is 50.5 Å². The number of guanidine groups is 1. The number of benzene rings is 1. The molecule has 0 bridgehead atoms. The minimum absolute atomic E-state index is 0. The molecule has 0 aliphatic carbocycles. The van der Waals surface area contributed by atoms with Crippen molar-refractivity contribution in [2.24, 2.45) is 4.99 Å². The van der Waals surface area contributed by atoms with Crippen molar-refractivity contribution in [3.63, 3.8) is 0 Å². The zero-order chi connectivity index (χ0) is 20.3. The van der Waals surface area contributed by atoms with Crippen molar-refractivity contribution >= 4 is 39.8 Å². The second-order valence-electron chi connectivity index (χ2n) is 6.88. The van der Waals surface area contributed by atoms with E-state index in [1.807, 2.05) is 12.1 Å². The lowest BCUT2D eigenvalue weighted by Crippen LogP contribution is -2.43. The van der Waals surface area contributed by atoms with Gasteiger partial charge in [-0.25, -0.2) is 8.42 Å². The summed E-state index contributed by atoms with van der Waals surface area (Å²) in [4.78, 5) is 7.08. The molecule has 1 aromatic rings. The Morgan fingerprint density at radius 1 is 1.18 bits per heavy atom. The van der Waals surface area contributed by atoms with Gasteiger partial charge in [-0.2, -0.15) is 0 Å². The summed E-state index contributed by atoms with van der Waals surface area (Å²) < 4.78 is 23.0. The van der Waals surface area contributed by atoms with E-state index in [2.05, 4.69) is 41.3 Å². The maximum Gasteiger partial charge on any atom is 0.191 e. The van der Waals surface area contributed by atoms with Crippen LogP contribution in [0.1, 0.15) is 39.2 Å². The van der Waals surface area contributed by atoms with E-state index in [-0.39, 0.29) is 24.0 Å². The molecule has 1 unspecified atom stereocenters. The SMILES string of the molecule is CCN(CC)CCCC(C)NC(=NC)NCCc1ccc(S(C)(=O)=O)cc1.I. The van der Waals surface area contributed by atoms with Crippen LogP contribution in [0.5, 0.6) is 0 Å². The van der Waals surface area contributed by atoms with Gasteiger partial charge in [0.25, 0.3) is 0 Å². The zero-order valence-corrected chi connectivity index (χ0v) is 21.0. The number of hydrogen-bond donors (Lipinski definition) is 2. The highest BCUT2D eigenvalue weighted by Crippen LogP contribution is 2.10. The maximum absolute atomic E-state index is 11.5. The van der Waals surface area contributed by atoms with E-state index < -0.39 is 9.84 Å². The number of halogens is 1. The molecule has 1 atom stereocenters. The van der Waals surface area contributed by atoms with Crippen LogP contribution in [0.2, 0.25) is 0 Å². The molecule has 0 saturated carbocycles. The molecule has 2 N–H and O–H groups in total. The topological polar surface area (TPSA) is 73.8 Å². The van der Waals surface area contributed by atoms with Crippen LogP contribution in [0.15, 0.2) is 34.2 Å². The quantitative estimate of drug-likeness (QED) is 0.265. The average molecular weight is 525 g/mol. The first-order chi connectivity index (χ1) is 12.8. The van der Waals surface area contributed by atoms with Gasteiger partial charge in [-0.15, -0.1) is 24.0 Å². The molecule has 28 heavy (non-hydrogen) atoms. The highest BCUT2D eigenvalue weighted by molar-refractivity contribution is 14.0. The van der Waals surface area contributed by atoms with E-state index >= 15 is 0 Å². The Morgan fingerprint density at radius 3 is 2.29 bits per heavy atom. The van der Waals surface area contributed by atoms with Gasteiger partial charge in [-0.05, 0) is 63.5 Å². The molecule has 0 fully saturated rings. The molecule has 0 heterocycles. The second-order valence-corrected chi connectivity index (χ2v) is 8.90. The highest BCUT2D eigenvalue weighted by Gasteiger charge is 2.08. The van der Waals surface area contributed by atoms with Gasteiger partial charge >= 0.3 is 0 Å². The standard InChI is InChI=1S/C20H36N4O2S.HI/c1-6-24(7-2)16-8-9-17(3)23-20(21-4)22-15-14-18-10-12-19(13-11-18)27(5,25)26;/h10-13,17H,6-9,14-16H2,1-5H3,(H2,21,22,23);1H. The predicted molar refractivity (Wildman–Crippen MR) is 130 cm³/mol. The molecule has 0 spiro atoms. The minimum atomic E-state index is -3.14. The monoisotopic (exact) mass is 524 g/mol. The van der Waals surface area contributed by atoms with Crippen molar-refractivity contribution in [1.82, 2.24) is 15.5 Å². The lowest BCUT2D eigenvalue weighted by Gasteiger charge is -2.21. The summed E-state index contributed by atoms with van der Waals surface area (Å²) in [5, 5.41) is 6.76. The fourth-order valence-corrected chi connectivity index (χ4v) is 3.52. The van der Waals surface area contributed by atoms with Crippen LogP contribution in [0.25, 0.3) is 0 Å². The molecular weight excluding hydrogens is 487 g/mol. The third-order valence-electron chi connectivity index (χ3n) is 4.67. The molecule has 0 amide bonds. The zero-order valence-electron chi connectivity index (χ0n) is 17.9. The van der Waals surface area contributed by atoms with Crippen molar-refractivity contribution < 1.29 is 8.42 Å². The van der Waals surface area contributed by atoms with Gasteiger partial charge in [0.1, 0.15) is 0 Å². The van der Waals surface area contributed by atoms with Crippen LogP contribution in [0.4, 0.5) is 0 Å². The molecular formula is C20H37IN4O2S. The normalized spacial score (nSPS) is 13.1. The summed E-state index contributed by atoms with van der Waals surface area (Å²) in [7, 11) is -1.36. The summed E-state index contributed by atoms with van der Waals surface area (Å²) in [6, 6.07) is 7.42. The van der Waals surface area contributed by atoms with Gasteiger partial charge in [-0.3, -0.25) is 4.99 Å². The first-order valence-corrected chi connectivity index (χ1v) is 11.7. The Hall–Kier alpha value is -0.870. The molecule has 0 aliphatic rings. The van der Waals surface area contributed by atoms with Crippen molar-refractivity contribution in [3.05, 3.63) is 29.8 Å². The Kier molecular flexibility index (Phi) is 13.7. The minimum Gasteiger partial charge on any atom is -0.356 e. The molecule has 162 valence electrons. The average Bonchev–Trinajstić information content (AvgIpc) is 2.64. The molecule has 6 nitrogen and oxygen atoms in total. The Labute approximate surface area is 188 Å². The summed E-state index contributed by atoms with van der Waals surface area (Å²) in [6.07, 6.45) is 4.30. The lowest BCUT2D eigenvalue weighted by atomic mass is 10.1. The van der Waals surface area contributed by atoms with E-state index in [1.165, 1.54) is 12.7 Å². The van der Waals surface area contributed by atoms with Gasteiger partial charge in [0.15, 0.2) is 15.8 Å². The van der Waals surface area contributed by atoms with Crippen molar-refractivity contribution in [2.45, 2.75) is 51.0 Å². The van der Waals surface area contributed by atoms with E-state index in [4.69, 9.17) is 0 Å². The molecule has 0 aliphatic heterocycles. The largest absolute Gasteiger partial charge is 0.356 e. The fraction of sp³-hybridized carbons (Fsp3) is 0.650. The molecule has 0 saturated heterocycles. The second kappa shape index (κ2) is 14.2. The fourth-order valence-electron chi connectivity index (χ4n) is 2.89. The Morgan fingerprint density at radius 2 is 1.79 bits per heavy atom. The number of sulfone groups is 1. The van der Waals surface area contributed by atoms with Crippen LogP contribution < -0.4 is 10.6 Å². The van der Waals surface area contributed by atoms with Crippen molar-refractivity contribution in [2.75, 3.05) is 39.5 Å². The van der Waals surface area contributed by atoms with Gasteiger partial charge in [-0.1, -0.05) is 26.0 Å². The van der Waals surface area contributed by atoms with Gasteiger partial charge < -0.3 is 15.5 Å². The van der Waals surface area contributed by atoms with Crippen LogP contribution >= 0.6 is 24.0 Å². The Balaban J connectivity index is 0.00000729. The van der Waals surface area contributed by atoms with Crippen LogP contribution in [-0.4, -0.2) is 64.8 Å². The van der Waals surface area contributed by atoms with Crippen LogP contribution in [0.3, 0.4) is 0 Å². The number of hydrogen-bond acceptors (Lipinski definition) is 4. The van der Waals surface area contributed by atoms with E-state index in [9.17, 15) is 8.42 Å². The van der Waals surface area contributed by atoms with E-state index in [1.54, 1.807) is 19.2 Å². The summed E-state index contributed by atoms with van der Waals surface area (Å²) >= 11 is 0. The predicted octanol–water partition coefficient (Wildman–Crippen LogP) is 2.93. The number of rotatable bonds is 11. The number of aliphatic imine (C=N–C) groups is 1. The number of nitrogens with zero attached hydrogens (tertiary/aromatic N) is 2. The molecule has 0 radical (unpaired) electrons. The van der Waals surface area contributed by atoms with E-state index in [0.29, 0.717) is 10.9 Å². The summed E-state index contributed by atoms with van der Waals surface area (Å²) in [5.41, 5.74) is 1.10. The first kappa shape index (κ1) is 27.1. The van der Waals surface area contributed by atoms with Gasteiger partial charge in [0.05, 0.1) is 4.90 Å². The maximum atomic E-state index is 11.5. The molecule has 1 rings (SSSR count). The summed E-state index contributed by atoms with van der Waals surface area (Å²) in [5.74, 6) is 0.804. The first-order valence-electron chi connectivity index (χ1n) is 9.78. The van der Waals surface area contributed by atoms with Crippen molar-refractivity contribution in [3.8, 4) is 0 Å². The van der Waals surface area contributed by atoms with Gasteiger partial charge in [0, 0.05) is 25.9 Å². The summed E-state index contributed by atoms with van der Waals surface area (Å²) in [6.45, 7) is 10.7. The van der Waals surface area contributed by atoms with Crippen LogP contribution in [-0.2, 0) is 16.3 Å². The van der Waals surface area contributed by atoms with Gasteiger partial charge in [0.2, 0.25) is 0 Å². The third-order valence-corrected chi connectivity index (χ3v) is 5.80. The number of nitrogens with one attached hydrogen (secondary N) is 2. The van der Waals surface area contributed by atoms with Crippen LogP contribution in [0, 0.1) is 0 Å². The molecule has 8 heteroatoms. The Bertz CT molecular complexity index is 674. The lowest BCUT2D eigenvalue weighted by molar-refractivity contribution is 0.292. The molecule has 1 aromatic carbocycles. The van der Waals surface area contributed by atoms with Crippen molar-refractivity contribution in [1.29, 1.82) is 0 Å². The smallest absolute Gasteiger partial charge is 0.191 e. The highest BCUT2D eigenvalue weighted by atomic mass is 127.